The zero-order chi connectivity index (χ0) is 17.0. The van der Waals surface area contributed by atoms with E-state index < -0.39 is 0 Å². The van der Waals surface area contributed by atoms with E-state index in [2.05, 4.69) is 68.2 Å². The summed E-state index contributed by atoms with van der Waals surface area (Å²) < 4.78 is 0. The van der Waals surface area contributed by atoms with Gasteiger partial charge >= 0.3 is 0 Å². The molecule has 0 atom stereocenters. The Bertz CT molecular complexity index is 569. The van der Waals surface area contributed by atoms with Crippen LogP contribution in [-0.2, 0) is 6.42 Å². The number of aryl methyl sites for hydroxylation is 1. The Labute approximate surface area is 149 Å². The van der Waals surface area contributed by atoms with Crippen LogP contribution in [-0.4, -0.2) is 0 Å². The van der Waals surface area contributed by atoms with Crippen molar-refractivity contribution >= 4 is 6.08 Å². The van der Waals surface area contributed by atoms with Crippen molar-refractivity contribution in [2.45, 2.75) is 65.2 Å². The Morgan fingerprint density at radius 2 is 1.62 bits per heavy atom. The van der Waals surface area contributed by atoms with Crippen LogP contribution in [0.1, 0.15) is 69.9 Å². The Balaban J connectivity index is 1.73. The molecule has 24 heavy (non-hydrogen) atoms. The Kier molecular flexibility index (Phi) is 8.47. The third kappa shape index (κ3) is 6.79. The van der Waals surface area contributed by atoms with Crippen molar-refractivity contribution in [2.75, 3.05) is 0 Å². The van der Waals surface area contributed by atoms with Crippen molar-refractivity contribution in [3.8, 4) is 11.8 Å². The normalized spacial score (nSPS) is 21.1. The van der Waals surface area contributed by atoms with E-state index in [1.54, 1.807) is 0 Å². The topological polar surface area (TPSA) is 0 Å². The van der Waals surface area contributed by atoms with E-state index in [1.807, 2.05) is 6.08 Å². The molecule has 0 N–H and O–H groups in total. The predicted molar refractivity (Wildman–Crippen MR) is 107 cm³/mol. The maximum absolute atomic E-state index is 3.15. The zero-order valence-electron chi connectivity index (χ0n) is 15.4. The van der Waals surface area contributed by atoms with Crippen molar-refractivity contribution in [3.63, 3.8) is 0 Å². The molecule has 1 fully saturated rings. The molecule has 0 nitrogen and oxygen atoms in total. The second-order valence-corrected chi connectivity index (χ2v) is 7.04. The quantitative estimate of drug-likeness (QED) is 0.504. The first-order chi connectivity index (χ1) is 11.8. The van der Waals surface area contributed by atoms with Crippen LogP contribution in [0.25, 0.3) is 6.08 Å². The molecular weight excluding hydrogens is 288 g/mol. The highest BCUT2D eigenvalue weighted by molar-refractivity contribution is 5.53. The molecule has 0 heterocycles. The van der Waals surface area contributed by atoms with Gasteiger partial charge in [0.05, 0.1) is 0 Å². The van der Waals surface area contributed by atoms with Gasteiger partial charge in [0, 0.05) is 0 Å². The molecule has 1 aromatic carbocycles. The van der Waals surface area contributed by atoms with Crippen molar-refractivity contribution in [1.29, 1.82) is 0 Å². The molecule has 1 aliphatic rings. The van der Waals surface area contributed by atoms with E-state index in [0.717, 1.165) is 18.3 Å². The fraction of sp³-hybridized carbons (Fsp3) is 0.500. The van der Waals surface area contributed by atoms with Crippen molar-refractivity contribution in [1.82, 2.24) is 0 Å². The molecule has 0 heteroatoms. The summed E-state index contributed by atoms with van der Waals surface area (Å²) in [6, 6.07) is 8.78. The largest absolute Gasteiger partial charge is 0.0730 e. The van der Waals surface area contributed by atoms with Gasteiger partial charge in [0.25, 0.3) is 0 Å². The molecule has 1 aliphatic carbocycles. The second kappa shape index (κ2) is 10.9. The summed E-state index contributed by atoms with van der Waals surface area (Å²) in [5.41, 5.74) is 2.64. The molecule has 0 spiro atoms. The molecule has 0 amide bonds. The summed E-state index contributed by atoms with van der Waals surface area (Å²) in [6.07, 6.45) is 19.1. The van der Waals surface area contributed by atoms with Gasteiger partial charge < -0.3 is 0 Å². The zero-order valence-corrected chi connectivity index (χ0v) is 15.4. The average Bonchev–Trinajstić information content (AvgIpc) is 2.61. The van der Waals surface area contributed by atoms with E-state index in [4.69, 9.17) is 0 Å². The average molecular weight is 321 g/mol. The van der Waals surface area contributed by atoms with Crippen LogP contribution in [0.3, 0.4) is 0 Å². The Morgan fingerprint density at radius 1 is 0.917 bits per heavy atom. The van der Waals surface area contributed by atoms with Gasteiger partial charge in [0.15, 0.2) is 0 Å². The van der Waals surface area contributed by atoms with E-state index >= 15 is 0 Å². The van der Waals surface area contributed by atoms with Gasteiger partial charge in [-0.15, -0.1) is 0 Å². The smallest absolute Gasteiger partial charge is 0.0109 e. The summed E-state index contributed by atoms with van der Waals surface area (Å²) in [5.74, 6) is 8.01. The molecule has 0 unspecified atom stereocenters. The maximum atomic E-state index is 3.15. The lowest BCUT2D eigenvalue weighted by Crippen LogP contribution is -2.12. The first kappa shape index (κ1) is 18.6. The van der Waals surface area contributed by atoms with Gasteiger partial charge in [-0.25, -0.2) is 0 Å². The molecule has 0 aromatic heterocycles. The molecule has 1 aromatic rings. The first-order valence-corrected chi connectivity index (χ1v) is 9.75. The van der Waals surface area contributed by atoms with Gasteiger partial charge in [-0.1, -0.05) is 75.3 Å². The molecule has 2 rings (SSSR count). The highest BCUT2D eigenvalue weighted by Gasteiger charge is 2.18. The van der Waals surface area contributed by atoms with Crippen molar-refractivity contribution in [2.24, 2.45) is 11.8 Å². The minimum absolute atomic E-state index is 0.752. The maximum Gasteiger partial charge on any atom is -0.0109 e. The summed E-state index contributed by atoms with van der Waals surface area (Å²) in [4.78, 5) is 0. The fourth-order valence-electron chi connectivity index (χ4n) is 3.58. The van der Waals surface area contributed by atoms with Crippen molar-refractivity contribution < 1.29 is 0 Å². The summed E-state index contributed by atoms with van der Waals surface area (Å²) in [5, 5.41) is 0. The lowest BCUT2D eigenvalue weighted by Gasteiger charge is -2.26. The number of allylic oxidation sites excluding steroid dienone is 3. The van der Waals surface area contributed by atoms with Gasteiger partial charge in [0.2, 0.25) is 0 Å². The summed E-state index contributed by atoms with van der Waals surface area (Å²) in [7, 11) is 0. The number of benzene rings is 1. The van der Waals surface area contributed by atoms with Crippen LogP contribution >= 0.6 is 0 Å². The predicted octanol–water partition coefficient (Wildman–Crippen LogP) is 6.82. The molecule has 128 valence electrons. The van der Waals surface area contributed by atoms with E-state index in [-0.39, 0.29) is 0 Å². The van der Waals surface area contributed by atoms with Crippen LogP contribution < -0.4 is 0 Å². The molecular formula is C24H32. The molecule has 0 saturated heterocycles. The highest BCUT2D eigenvalue weighted by Crippen LogP contribution is 2.31. The monoisotopic (exact) mass is 320 g/mol. The van der Waals surface area contributed by atoms with E-state index in [1.165, 1.54) is 56.1 Å². The van der Waals surface area contributed by atoms with Crippen LogP contribution in [0.2, 0.25) is 0 Å². The third-order valence-corrected chi connectivity index (χ3v) is 5.00. The Hall–Kier alpha value is -1.74. The van der Waals surface area contributed by atoms with Gasteiger partial charge in [-0.3, -0.25) is 0 Å². The Morgan fingerprint density at radius 3 is 2.29 bits per heavy atom. The lowest BCUT2D eigenvalue weighted by atomic mass is 9.80. The minimum Gasteiger partial charge on any atom is -0.0730 e. The molecule has 0 radical (unpaired) electrons. The second-order valence-electron chi connectivity index (χ2n) is 7.04. The van der Waals surface area contributed by atoms with E-state index in [0.29, 0.717) is 0 Å². The van der Waals surface area contributed by atoms with Crippen LogP contribution in [0, 0.1) is 23.7 Å². The summed E-state index contributed by atoms with van der Waals surface area (Å²) in [6.45, 7) is 4.52. The molecule has 0 aliphatic heterocycles. The third-order valence-electron chi connectivity index (χ3n) is 5.00. The van der Waals surface area contributed by atoms with Crippen LogP contribution in [0.15, 0.2) is 42.5 Å². The first-order valence-electron chi connectivity index (χ1n) is 9.75. The summed E-state index contributed by atoms with van der Waals surface area (Å²) >= 11 is 0. The number of rotatable bonds is 6. The van der Waals surface area contributed by atoms with Crippen LogP contribution in [0.4, 0.5) is 0 Å². The number of hydrogen-bond acceptors (Lipinski definition) is 0. The molecule has 1 saturated carbocycles. The molecule has 0 bridgehead atoms. The standard InChI is InChI=1S/C24H32/c1-3-9-21-13-17-23(18-14-21)11-7-5-6-8-12-24-19-15-22(10-4-2)16-20-24/h7-8,11-14,17-18,22,24H,3-4,9-10,15-16,19-20H2,1-2H3/b11-7+,12-8+/t22-,24-. The highest BCUT2D eigenvalue weighted by atomic mass is 14.2. The van der Waals surface area contributed by atoms with Gasteiger partial charge in [-0.05, 0) is 73.3 Å². The lowest BCUT2D eigenvalue weighted by molar-refractivity contribution is 0.294. The minimum atomic E-state index is 0.752. The fourth-order valence-corrected chi connectivity index (χ4v) is 3.58. The van der Waals surface area contributed by atoms with Crippen molar-refractivity contribution in [3.05, 3.63) is 53.6 Å². The van der Waals surface area contributed by atoms with Crippen LogP contribution in [0.5, 0.6) is 0 Å². The SMILES string of the molecule is CCCc1ccc(/C=C/C#C/C=C/[C@H]2CC[C@H](CCC)CC2)cc1. The van der Waals surface area contributed by atoms with Gasteiger partial charge in [0.1, 0.15) is 0 Å². The van der Waals surface area contributed by atoms with E-state index in [9.17, 15) is 0 Å². The number of hydrogen-bond donors (Lipinski definition) is 0. The van der Waals surface area contributed by atoms with Gasteiger partial charge in [-0.2, -0.15) is 0 Å².